The molecule has 0 N–H and O–H groups in total. The first-order chi connectivity index (χ1) is 13.7. The molecule has 1 aromatic rings. The van der Waals surface area contributed by atoms with E-state index in [9.17, 15) is 4.79 Å². The summed E-state index contributed by atoms with van der Waals surface area (Å²) >= 11 is 0. The molecule has 0 spiro atoms. The molecule has 3 rings (SSSR count). The topological polar surface area (TPSA) is 48.0 Å². The van der Waals surface area contributed by atoms with Gasteiger partial charge in [0.1, 0.15) is 0 Å². The van der Waals surface area contributed by atoms with E-state index in [1.54, 1.807) is 13.2 Å². The molecule has 0 amide bonds. The van der Waals surface area contributed by atoms with Crippen LogP contribution >= 0.6 is 0 Å². The Balaban J connectivity index is 1.82. The average Bonchev–Trinajstić information content (AvgIpc) is 3.14. The van der Waals surface area contributed by atoms with Gasteiger partial charge < -0.3 is 14.2 Å². The second kappa shape index (κ2) is 8.62. The summed E-state index contributed by atoms with van der Waals surface area (Å²) in [7, 11) is 3.71. The molecule has 0 fully saturated rings. The monoisotopic (exact) mass is 399 g/mol. The maximum absolute atomic E-state index is 12.9. The van der Waals surface area contributed by atoms with Crippen molar-refractivity contribution in [3.63, 3.8) is 0 Å². The highest BCUT2D eigenvalue weighted by molar-refractivity contribution is 5.90. The molecular weight excluding hydrogens is 366 g/mol. The molecule has 5 nitrogen and oxygen atoms in total. The standard InChI is InChI=1S/C24H33NO4/c1-16(2)7-10-24(3,4)11-8-18(26)14-19-21-17(9-12-25(19)5)13-20-22(23(21)27-6)29-15-28-20/h7-8,11,13,19H,9-10,12,14-15H2,1-6H3/t19-/m0/s1. The second-order valence-corrected chi connectivity index (χ2v) is 8.94. The zero-order valence-electron chi connectivity index (χ0n) is 18.5. The molecule has 0 aromatic heterocycles. The van der Waals surface area contributed by atoms with E-state index in [0.29, 0.717) is 17.9 Å². The molecule has 0 saturated carbocycles. The fourth-order valence-corrected chi connectivity index (χ4v) is 3.90. The lowest BCUT2D eigenvalue weighted by Crippen LogP contribution is -2.33. The number of rotatable bonds is 7. The van der Waals surface area contributed by atoms with Gasteiger partial charge in [0.25, 0.3) is 0 Å². The molecule has 1 atom stereocenters. The predicted molar refractivity (Wildman–Crippen MR) is 115 cm³/mol. The van der Waals surface area contributed by atoms with Gasteiger partial charge in [0.2, 0.25) is 12.5 Å². The van der Waals surface area contributed by atoms with Crippen molar-refractivity contribution in [2.45, 2.75) is 53.0 Å². The average molecular weight is 400 g/mol. The summed E-state index contributed by atoms with van der Waals surface area (Å²) in [5, 5.41) is 0. The molecule has 5 heteroatoms. The van der Waals surface area contributed by atoms with Crippen LogP contribution in [0.15, 0.2) is 29.9 Å². The Hall–Kier alpha value is -2.27. The summed E-state index contributed by atoms with van der Waals surface area (Å²) < 4.78 is 16.9. The Morgan fingerprint density at radius 1 is 1.34 bits per heavy atom. The molecule has 0 aliphatic carbocycles. The highest BCUT2D eigenvalue weighted by Gasteiger charge is 2.34. The highest BCUT2D eigenvalue weighted by Crippen LogP contribution is 2.50. The third-order valence-corrected chi connectivity index (χ3v) is 5.70. The first-order valence-corrected chi connectivity index (χ1v) is 10.3. The lowest BCUT2D eigenvalue weighted by molar-refractivity contribution is -0.115. The molecule has 29 heavy (non-hydrogen) atoms. The number of carbonyl (C=O) groups excluding carboxylic acids is 1. The Morgan fingerprint density at radius 3 is 2.79 bits per heavy atom. The van der Waals surface area contributed by atoms with E-state index in [2.05, 4.69) is 45.7 Å². The molecule has 2 aliphatic heterocycles. The van der Waals surface area contributed by atoms with Crippen LogP contribution < -0.4 is 14.2 Å². The minimum absolute atomic E-state index is 0.0405. The van der Waals surface area contributed by atoms with Crippen molar-refractivity contribution in [1.29, 1.82) is 0 Å². The number of benzene rings is 1. The molecule has 1 aromatic carbocycles. The van der Waals surface area contributed by atoms with Crippen LogP contribution in [0.1, 0.15) is 57.7 Å². The van der Waals surface area contributed by atoms with Crippen LogP contribution in [0.5, 0.6) is 17.2 Å². The van der Waals surface area contributed by atoms with Crippen molar-refractivity contribution in [3.05, 3.63) is 41.0 Å². The minimum atomic E-state index is -0.0486. The summed E-state index contributed by atoms with van der Waals surface area (Å²) in [5.41, 5.74) is 3.47. The van der Waals surface area contributed by atoms with Gasteiger partial charge in [-0.3, -0.25) is 9.69 Å². The van der Waals surface area contributed by atoms with Crippen LogP contribution in [-0.4, -0.2) is 38.2 Å². The molecular formula is C24H33NO4. The smallest absolute Gasteiger partial charge is 0.231 e. The van der Waals surface area contributed by atoms with Crippen molar-refractivity contribution in [2.75, 3.05) is 27.5 Å². The van der Waals surface area contributed by atoms with Gasteiger partial charge in [0.15, 0.2) is 17.3 Å². The van der Waals surface area contributed by atoms with Crippen LogP contribution in [0.4, 0.5) is 0 Å². The summed E-state index contributed by atoms with van der Waals surface area (Å²) in [5.74, 6) is 2.21. The Morgan fingerprint density at radius 2 is 2.10 bits per heavy atom. The fraction of sp³-hybridized carbons (Fsp3) is 0.542. The number of allylic oxidation sites excluding steroid dienone is 4. The number of nitrogens with zero attached hydrogens (tertiary/aromatic N) is 1. The van der Waals surface area contributed by atoms with Crippen LogP contribution in [0.25, 0.3) is 0 Å². The van der Waals surface area contributed by atoms with E-state index < -0.39 is 0 Å². The summed E-state index contributed by atoms with van der Waals surface area (Å²) in [6.07, 6.45) is 8.23. The molecule has 2 heterocycles. The lowest BCUT2D eigenvalue weighted by Gasteiger charge is -2.35. The first-order valence-electron chi connectivity index (χ1n) is 10.3. The van der Waals surface area contributed by atoms with Gasteiger partial charge in [0.05, 0.1) is 7.11 Å². The molecule has 0 bridgehead atoms. The molecule has 0 unspecified atom stereocenters. The molecule has 0 saturated heterocycles. The Labute approximate surface area is 174 Å². The first kappa shape index (κ1) is 21.4. The fourth-order valence-electron chi connectivity index (χ4n) is 3.90. The van der Waals surface area contributed by atoms with Crippen LogP contribution in [0, 0.1) is 5.41 Å². The van der Waals surface area contributed by atoms with Crippen molar-refractivity contribution < 1.29 is 19.0 Å². The van der Waals surface area contributed by atoms with E-state index in [1.165, 1.54) is 11.1 Å². The van der Waals surface area contributed by atoms with E-state index in [-0.39, 0.29) is 24.0 Å². The molecule has 158 valence electrons. The minimum Gasteiger partial charge on any atom is -0.492 e. The summed E-state index contributed by atoms with van der Waals surface area (Å²) in [4.78, 5) is 15.1. The number of carbonyl (C=O) groups is 1. The predicted octanol–water partition coefficient (Wildman–Crippen LogP) is 4.85. The van der Waals surface area contributed by atoms with Crippen molar-refractivity contribution in [2.24, 2.45) is 5.41 Å². The zero-order valence-corrected chi connectivity index (χ0v) is 18.5. The number of hydrogen-bond donors (Lipinski definition) is 0. The van der Waals surface area contributed by atoms with Gasteiger partial charge in [0, 0.05) is 24.6 Å². The Bertz CT molecular complexity index is 834. The summed E-state index contributed by atoms with van der Waals surface area (Å²) in [6.45, 7) is 9.60. The second-order valence-electron chi connectivity index (χ2n) is 8.94. The van der Waals surface area contributed by atoms with E-state index >= 15 is 0 Å². The maximum Gasteiger partial charge on any atom is 0.231 e. The van der Waals surface area contributed by atoms with Gasteiger partial charge >= 0.3 is 0 Å². The number of ether oxygens (including phenoxy) is 3. The van der Waals surface area contributed by atoms with Crippen LogP contribution in [0.3, 0.4) is 0 Å². The number of hydrogen-bond acceptors (Lipinski definition) is 5. The number of fused-ring (bicyclic) bond motifs is 2. The van der Waals surface area contributed by atoms with E-state index in [4.69, 9.17) is 14.2 Å². The van der Waals surface area contributed by atoms with Gasteiger partial charge in [-0.05, 0) is 56.9 Å². The number of methoxy groups -OCH3 is 1. The SMILES string of the molecule is COc1c2c(cc3c1[C@H](CC(=O)C=CC(C)(C)CC=C(C)C)N(C)CC3)OCO2. The van der Waals surface area contributed by atoms with Crippen LogP contribution in [-0.2, 0) is 11.2 Å². The van der Waals surface area contributed by atoms with Gasteiger partial charge in [-0.25, -0.2) is 0 Å². The van der Waals surface area contributed by atoms with E-state index in [1.807, 2.05) is 12.1 Å². The highest BCUT2D eigenvalue weighted by atomic mass is 16.7. The summed E-state index contributed by atoms with van der Waals surface area (Å²) in [6, 6.07) is 2.00. The largest absolute Gasteiger partial charge is 0.492 e. The van der Waals surface area contributed by atoms with Gasteiger partial charge in [-0.15, -0.1) is 0 Å². The third-order valence-electron chi connectivity index (χ3n) is 5.70. The molecule has 0 radical (unpaired) electrons. The zero-order chi connectivity index (χ0) is 21.2. The molecule has 2 aliphatic rings. The van der Waals surface area contributed by atoms with Gasteiger partial charge in [-0.2, -0.15) is 0 Å². The maximum atomic E-state index is 12.9. The van der Waals surface area contributed by atoms with E-state index in [0.717, 1.165) is 30.7 Å². The quantitative estimate of drug-likeness (QED) is 0.484. The van der Waals surface area contributed by atoms with Crippen molar-refractivity contribution in [1.82, 2.24) is 4.90 Å². The number of ketones is 1. The van der Waals surface area contributed by atoms with Gasteiger partial charge in [-0.1, -0.05) is 31.6 Å². The Kier molecular flexibility index (Phi) is 6.37. The van der Waals surface area contributed by atoms with Crippen molar-refractivity contribution >= 4 is 5.78 Å². The normalized spacial score (nSPS) is 18.6. The third kappa shape index (κ3) is 4.84. The lowest BCUT2D eigenvalue weighted by atomic mass is 9.86. The number of likely N-dealkylation sites (N-methyl/N-ethyl adjacent to an activating group) is 1. The van der Waals surface area contributed by atoms with Crippen molar-refractivity contribution in [3.8, 4) is 17.2 Å². The van der Waals surface area contributed by atoms with Crippen LogP contribution in [0.2, 0.25) is 0 Å².